The molecular weight excluding hydrogens is 246 g/mol. The van der Waals surface area contributed by atoms with Gasteiger partial charge in [-0.05, 0) is 12.3 Å². The van der Waals surface area contributed by atoms with Crippen LogP contribution in [-0.2, 0) is 14.3 Å². The molecule has 0 fully saturated rings. The van der Waals surface area contributed by atoms with E-state index in [-0.39, 0.29) is 18.4 Å². The topological polar surface area (TPSA) is 79.5 Å². The normalized spacial score (nSPS) is 10.5. The van der Waals surface area contributed by atoms with Gasteiger partial charge in [0.1, 0.15) is 0 Å². The Morgan fingerprint density at radius 3 is 2.37 bits per heavy atom. The zero-order chi connectivity index (χ0) is 14.5. The maximum Gasteiger partial charge on any atom is 0.233 e. The van der Waals surface area contributed by atoms with Crippen LogP contribution in [0, 0.1) is 5.92 Å². The van der Waals surface area contributed by atoms with Crippen LogP contribution in [0.25, 0.3) is 0 Å². The van der Waals surface area contributed by atoms with E-state index in [9.17, 15) is 9.59 Å². The van der Waals surface area contributed by atoms with Crippen molar-refractivity contribution in [2.24, 2.45) is 5.92 Å². The average molecular weight is 273 g/mol. The summed E-state index contributed by atoms with van der Waals surface area (Å²) >= 11 is 0. The molecule has 0 heterocycles. The molecule has 0 aliphatic carbocycles. The molecule has 0 aromatic carbocycles. The fourth-order valence-electron chi connectivity index (χ4n) is 1.35. The third-order valence-corrected chi connectivity index (χ3v) is 2.49. The van der Waals surface area contributed by atoms with E-state index < -0.39 is 0 Å². The molecule has 3 N–H and O–H groups in total. The molecule has 0 spiro atoms. The minimum Gasteiger partial charge on any atom is -0.383 e. The number of nitrogens with one attached hydrogen (secondary N) is 3. The second kappa shape index (κ2) is 11.9. The molecule has 0 atom stereocenters. The van der Waals surface area contributed by atoms with Gasteiger partial charge in [-0.1, -0.05) is 13.8 Å². The largest absolute Gasteiger partial charge is 0.383 e. The molecule has 0 aliphatic heterocycles. The molecule has 0 saturated carbocycles. The van der Waals surface area contributed by atoms with Crippen molar-refractivity contribution in [3.05, 3.63) is 0 Å². The highest BCUT2D eigenvalue weighted by molar-refractivity contribution is 5.78. The Morgan fingerprint density at radius 1 is 1.05 bits per heavy atom. The average Bonchev–Trinajstić information content (AvgIpc) is 2.34. The first-order valence-corrected chi connectivity index (χ1v) is 6.79. The van der Waals surface area contributed by atoms with Gasteiger partial charge in [0.25, 0.3) is 0 Å². The number of carbonyl (C=O) groups is 2. The van der Waals surface area contributed by atoms with Crippen molar-refractivity contribution in [3.8, 4) is 0 Å². The number of rotatable bonds is 11. The number of hydrogen-bond donors (Lipinski definition) is 3. The second-order valence-electron chi connectivity index (χ2n) is 4.80. The molecule has 6 heteroatoms. The zero-order valence-electron chi connectivity index (χ0n) is 12.3. The molecule has 0 aromatic heterocycles. The predicted molar refractivity (Wildman–Crippen MR) is 74.8 cm³/mol. The minimum absolute atomic E-state index is 0.0274. The van der Waals surface area contributed by atoms with E-state index >= 15 is 0 Å². The van der Waals surface area contributed by atoms with E-state index in [2.05, 4.69) is 29.8 Å². The van der Waals surface area contributed by atoms with Crippen LogP contribution in [0.4, 0.5) is 0 Å². The second-order valence-corrected chi connectivity index (χ2v) is 4.80. The van der Waals surface area contributed by atoms with Gasteiger partial charge >= 0.3 is 0 Å². The van der Waals surface area contributed by atoms with E-state index in [1.54, 1.807) is 7.11 Å². The summed E-state index contributed by atoms with van der Waals surface area (Å²) in [4.78, 5) is 22.7. The van der Waals surface area contributed by atoms with Crippen molar-refractivity contribution < 1.29 is 14.3 Å². The molecule has 0 aliphatic rings. The maximum atomic E-state index is 11.4. The summed E-state index contributed by atoms with van der Waals surface area (Å²) in [5, 5.41) is 8.48. The molecule has 0 unspecified atom stereocenters. The summed E-state index contributed by atoms with van der Waals surface area (Å²) in [6.45, 7) is 6.72. The Hall–Kier alpha value is -1.14. The summed E-state index contributed by atoms with van der Waals surface area (Å²) < 4.78 is 4.82. The van der Waals surface area contributed by atoms with Crippen LogP contribution >= 0.6 is 0 Å². The SMILES string of the molecule is COCCNC(=O)CCNCC(=O)NCCC(C)C. The maximum absolute atomic E-state index is 11.4. The van der Waals surface area contributed by atoms with Crippen LogP contribution in [0.5, 0.6) is 0 Å². The van der Waals surface area contributed by atoms with Crippen molar-refractivity contribution in [2.45, 2.75) is 26.7 Å². The van der Waals surface area contributed by atoms with Gasteiger partial charge in [-0.3, -0.25) is 9.59 Å². The van der Waals surface area contributed by atoms with Gasteiger partial charge in [-0.15, -0.1) is 0 Å². The number of ether oxygens (including phenoxy) is 1. The van der Waals surface area contributed by atoms with Crippen molar-refractivity contribution in [1.82, 2.24) is 16.0 Å². The third kappa shape index (κ3) is 13.1. The molecule has 2 amide bonds. The van der Waals surface area contributed by atoms with Gasteiger partial charge in [0.15, 0.2) is 0 Å². The molecule has 0 aromatic rings. The van der Waals surface area contributed by atoms with E-state index in [1.807, 2.05) is 0 Å². The lowest BCUT2D eigenvalue weighted by Gasteiger charge is -2.08. The lowest BCUT2D eigenvalue weighted by molar-refractivity contribution is -0.122. The molecule has 0 radical (unpaired) electrons. The van der Waals surface area contributed by atoms with Gasteiger partial charge in [-0.2, -0.15) is 0 Å². The smallest absolute Gasteiger partial charge is 0.233 e. The molecule has 0 bridgehead atoms. The number of methoxy groups -OCH3 is 1. The lowest BCUT2D eigenvalue weighted by Crippen LogP contribution is -2.36. The summed E-state index contributed by atoms with van der Waals surface area (Å²) in [7, 11) is 1.59. The first-order chi connectivity index (χ1) is 9.06. The predicted octanol–water partition coefficient (Wildman–Crippen LogP) is -0.109. The molecule has 0 saturated heterocycles. The molecule has 112 valence electrons. The minimum atomic E-state index is -0.0373. The first kappa shape index (κ1) is 17.9. The van der Waals surface area contributed by atoms with Gasteiger partial charge in [0.2, 0.25) is 11.8 Å². The van der Waals surface area contributed by atoms with Crippen LogP contribution in [0.3, 0.4) is 0 Å². The van der Waals surface area contributed by atoms with Crippen LogP contribution < -0.4 is 16.0 Å². The van der Waals surface area contributed by atoms with E-state index in [0.717, 1.165) is 6.42 Å². The van der Waals surface area contributed by atoms with E-state index in [0.29, 0.717) is 38.6 Å². The van der Waals surface area contributed by atoms with Crippen molar-refractivity contribution in [3.63, 3.8) is 0 Å². The monoisotopic (exact) mass is 273 g/mol. The van der Waals surface area contributed by atoms with E-state index in [1.165, 1.54) is 0 Å². The Morgan fingerprint density at radius 2 is 1.74 bits per heavy atom. The van der Waals surface area contributed by atoms with Crippen LogP contribution in [0.2, 0.25) is 0 Å². The Labute approximate surface area is 115 Å². The quantitative estimate of drug-likeness (QED) is 0.459. The standard InChI is InChI=1S/C13H27N3O3/c1-11(2)4-7-15-13(18)10-14-6-5-12(17)16-8-9-19-3/h11,14H,4-10H2,1-3H3,(H,15,18)(H,16,17). The van der Waals surface area contributed by atoms with Gasteiger partial charge in [-0.25, -0.2) is 0 Å². The van der Waals surface area contributed by atoms with Crippen molar-refractivity contribution in [2.75, 3.05) is 39.9 Å². The molecular formula is C13H27N3O3. The first-order valence-electron chi connectivity index (χ1n) is 6.79. The summed E-state index contributed by atoms with van der Waals surface area (Å²) in [6, 6.07) is 0. The van der Waals surface area contributed by atoms with Crippen LogP contribution in [0.15, 0.2) is 0 Å². The number of hydrogen-bond acceptors (Lipinski definition) is 4. The summed E-state index contributed by atoms with van der Waals surface area (Å²) in [6.07, 6.45) is 1.34. The highest BCUT2D eigenvalue weighted by Gasteiger charge is 2.03. The van der Waals surface area contributed by atoms with Gasteiger partial charge in [0.05, 0.1) is 13.2 Å². The van der Waals surface area contributed by atoms with Crippen molar-refractivity contribution >= 4 is 11.8 Å². The van der Waals surface area contributed by atoms with Crippen LogP contribution in [-0.4, -0.2) is 51.7 Å². The van der Waals surface area contributed by atoms with Gasteiger partial charge in [0, 0.05) is 33.2 Å². The number of amides is 2. The molecule has 0 rings (SSSR count). The fraction of sp³-hybridized carbons (Fsp3) is 0.846. The fourth-order valence-corrected chi connectivity index (χ4v) is 1.35. The number of carbonyl (C=O) groups excluding carboxylic acids is 2. The Kier molecular flexibility index (Phi) is 11.2. The van der Waals surface area contributed by atoms with Crippen molar-refractivity contribution in [1.29, 1.82) is 0 Å². The lowest BCUT2D eigenvalue weighted by atomic mass is 10.1. The Balaban J connectivity index is 3.37. The Bertz CT molecular complexity index is 258. The third-order valence-electron chi connectivity index (χ3n) is 2.49. The highest BCUT2D eigenvalue weighted by Crippen LogP contribution is 1.95. The molecule has 19 heavy (non-hydrogen) atoms. The highest BCUT2D eigenvalue weighted by atomic mass is 16.5. The van der Waals surface area contributed by atoms with Crippen LogP contribution in [0.1, 0.15) is 26.7 Å². The van der Waals surface area contributed by atoms with Gasteiger partial charge < -0.3 is 20.7 Å². The summed E-state index contributed by atoms with van der Waals surface area (Å²) in [5.41, 5.74) is 0. The molecule has 6 nitrogen and oxygen atoms in total. The van der Waals surface area contributed by atoms with E-state index in [4.69, 9.17) is 4.74 Å². The zero-order valence-corrected chi connectivity index (χ0v) is 12.3. The summed E-state index contributed by atoms with van der Waals surface area (Å²) in [5.74, 6) is 0.522.